The quantitative estimate of drug-likeness (QED) is 0.640. The van der Waals surface area contributed by atoms with Gasteiger partial charge in [-0.15, -0.1) is 0 Å². The molecule has 0 saturated carbocycles. The maximum absolute atomic E-state index is 5.72. The van der Waals surface area contributed by atoms with Crippen molar-refractivity contribution in [1.29, 1.82) is 0 Å². The van der Waals surface area contributed by atoms with Gasteiger partial charge in [0.15, 0.2) is 0 Å². The van der Waals surface area contributed by atoms with Crippen molar-refractivity contribution in [3.63, 3.8) is 0 Å². The van der Waals surface area contributed by atoms with Gasteiger partial charge in [0.25, 0.3) is 0 Å². The number of hydrogen-bond donors (Lipinski definition) is 1. The van der Waals surface area contributed by atoms with Crippen molar-refractivity contribution in [2.24, 2.45) is 0 Å². The summed E-state index contributed by atoms with van der Waals surface area (Å²) in [5, 5.41) is 0. The predicted molar refractivity (Wildman–Crippen MR) is 87.1 cm³/mol. The molecule has 0 fully saturated rings. The third-order valence-corrected chi connectivity index (χ3v) is 3.36. The van der Waals surface area contributed by atoms with Crippen molar-refractivity contribution < 1.29 is 9.47 Å². The van der Waals surface area contributed by atoms with Crippen LogP contribution in [0.3, 0.4) is 0 Å². The van der Waals surface area contributed by atoms with Crippen LogP contribution in [0, 0.1) is 6.92 Å². The topological polar surface area (TPSA) is 44.5 Å². The molecule has 0 aliphatic rings. The van der Waals surface area contributed by atoms with Crippen LogP contribution in [0.25, 0.3) is 0 Å². The van der Waals surface area contributed by atoms with E-state index in [1.165, 1.54) is 11.1 Å². The zero-order valence-electron chi connectivity index (χ0n) is 12.9. The minimum absolute atomic E-state index is 0.509. The SMILES string of the molecule is Cc1cc(OCCOc2ccc(N)cc2)ccc1C(C)C. The van der Waals surface area contributed by atoms with Gasteiger partial charge in [0.05, 0.1) is 0 Å². The molecule has 2 aromatic carbocycles. The second-order valence-corrected chi connectivity index (χ2v) is 5.44. The molecule has 0 radical (unpaired) electrons. The summed E-state index contributed by atoms with van der Waals surface area (Å²) in [5.74, 6) is 2.23. The van der Waals surface area contributed by atoms with Crippen LogP contribution in [0.2, 0.25) is 0 Å². The molecule has 2 N–H and O–H groups in total. The van der Waals surface area contributed by atoms with Gasteiger partial charge in [0.1, 0.15) is 24.7 Å². The summed E-state index contributed by atoms with van der Waals surface area (Å²) in [7, 11) is 0. The van der Waals surface area contributed by atoms with Crippen LogP contribution in [0.15, 0.2) is 42.5 Å². The van der Waals surface area contributed by atoms with Crippen molar-refractivity contribution in [2.75, 3.05) is 18.9 Å². The number of aryl methyl sites for hydroxylation is 1. The lowest BCUT2D eigenvalue weighted by Crippen LogP contribution is -2.09. The largest absolute Gasteiger partial charge is 0.490 e. The first kappa shape index (κ1) is 15.2. The first-order valence-electron chi connectivity index (χ1n) is 7.28. The van der Waals surface area contributed by atoms with Gasteiger partial charge < -0.3 is 15.2 Å². The number of anilines is 1. The lowest BCUT2D eigenvalue weighted by molar-refractivity contribution is 0.217. The van der Waals surface area contributed by atoms with Crippen LogP contribution < -0.4 is 15.2 Å². The molecule has 0 saturated heterocycles. The number of hydrogen-bond acceptors (Lipinski definition) is 3. The third kappa shape index (κ3) is 4.42. The summed E-state index contributed by atoms with van der Waals surface area (Å²) in [6.07, 6.45) is 0. The Balaban J connectivity index is 1.81. The molecular formula is C18H23NO2. The highest BCUT2D eigenvalue weighted by atomic mass is 16.5. The van der Waals surface area contributed by atoms with Crippen LogP contribution in [0.1, 0.15) is 30.9 Å². The van der Waals surface area contributed by atoms with E-state index in [1.807, 2.05) is 30.3 Å². The van der Waals surface area contributed by atoms with Gasteiger partial charge in [0, 0.05) is 5.69 Å². The van der Waals surface area contributed by atoms with E-state index in [0.717, 1.165) is 17.2 Å². The van der Waals surface area contributed by atoms with Gasteiger partial charge in [-0.25, -0.2) is 0 Å². The maximum Gasteiger partial charge on any atom is 0.122 e. The Morgan fingerprint density at radius 3 is 2.05 bits per heavy atom. The summed E-state index contributed by atoms with van der Waals surface area (Å²) in [6, 6.07) is 13.6. The summed E-state index contributed by atoms with van der Waals surface area (Å²) >= 11 is 0. The van der Waals surface area contributed by atoms with E-state index >= 15 is 0 Å². The molecule has 3 heteroatoms. The number of rotatable bonds is 6. The predicted octanol–water partition coefficient (Wildman–Crippen LogP) is 4.16. The van der Waals surface area contributed by atoms with Crippen molar-refractivity contribution in [2.45, 2.75) is 26.7 Å². The van der Waals surface area contributed by atoms with Crippen molar-refractivity contribution in [1.82, 2.24) is 0 Å². The minimum atomic E-state index is 0.509. The van der Waals surface area contributed by atoms with Gasteiger partial charge in [-0.3, -0.25) is 0 Å². The van der Waals surface area contributed by atoms with Crippen LogP contribution in [-0.2, 0) is 0 Å². The van der Waals surface area contributed by atoms with E-state index in [-0.39, 0.29) is 0 Å². The molecular weight excluding hydrogens is 262 g/mol. The summed E-state index contributed by atoms with van der Waals surface area (Å²) in [6.45, 7) is 7.54. The molecule has 0 heterocycles. The first-order chi connectivity index (χ1) is 10.1. The molecule has 0 spiro atoms. The van der Waals surface area contributed by atoms with Crippen molar-refractivity contribution >= 4 is 5.69 Å². The second-order valence-electron chi connectivity index (χ2n) is 5.44. The van der Waals surface area contributed by atoms with Gasteiger partial charge in [-0.2, -0.15) is 0 Å². The lowest BCUT2D eigenvalue weighted by Gasteiger charge is -2.13. The molecule has 0 aromatic heterocycles. The Morgan fingerprint density at radius 1 is 0.905 bits per heavy atom. The van der Waals surface area contributed by atoms with Crippen LogP contribution in [-0.4, -0.2) is 13.2 Å². The summed E-state index contributed by atoms with van der Waals surface area (Å²) < 4.78 is 11.3. The van der Waals surface area contributed by atoms with Crippen molar-refractivity contribution in [3.05, 3.63) is 53.6 Å². The average Bonchev–Trinajstić information content (AvgIpc) is 2.45. The Kier molecular flexibility index (Phi) is 5.09. The minimum Gasteiger partial charge on any atom is -0.490 e. The van der Waals surface area contributed by atoms with Crippen LogP contribution in [0.5, 0.6) is 11.5 Å². The van der Waals surface area contributed by atoms with E-state index in [0.29, 0.717) is 19.1 Å². The standard InChI is InChI=1S/C18H23NO2/c1-13(2)18-9-8-17(12-14(18)3)21-11-10-20-16-6-4-15(19)5-7-16/h4-9,12-13H,10-11,19H2,1-3H3. The Labute approximate surface area is 126 Å². The van der Waals surface area contributed by atoms with Crippen molar-refractivity contribution in [3.8, 4) is 11.5 Å². The fraction of sp³-hybridized carbons (Fsp3) is 0.333. The molecule has 0 aliphatic heterocycles. The zero-order valence-corrected chi connectivity index (χ0v) is 12.9. The molecule has 112 valence electrons. The Hall–Kier alpha value is -2.16. The maximum atomic E-state index is 5.72. The van der Waals surface area contributed by atoms with E-state index in [1.54, 1.807) is 0 Å². The molecule has 2 aromatic rings. The number of nitrogens with two attached hydrogens (primary N) is 1. The fourth-order valence-corrected chi connectivity index (χ4v) is 2.27. The summed E-state index contributed by atoms with van der Waals surface area (Å²) in [4.78, 5) is 0. The van der Waals surface area contributed by atoms with E-state index in [2.05, 4.69) is 32.9 Å². The highest BCUT2D eigenvalue weighted by molar-refractivity contribution is 5.41. The fourth-order valence-electron chi connectivity index (χ4n) is 2.27. The molecule has 0 amide bonds. The normalized spacial score (nSPS) is 10.7. The van der Waals surface area contributed by atoms with E-state index in [9.17, 15) is 0 Å². The van der Waals surface area contributed by atoms with Gasteiger partial charge in [0.2, 0.25) is 0 Å². The first-order valence-corrected chi connectivity index (χ1v) is 7.28. The zero-order chi connectivity index (χ0) is 15.2. The summed E-state index contributed by atoms with van der Waals surface area (Å²) in [5.41, 5.74) is 8.99. The Bertz CT molecular complexity index is 576. The molecule has 2 rings (SSSR count). The number of nitrogen functional groups attached to an aromatic ring is 1. The van der Waals surface area contributed by atoms with Crippen LogP contribution in [0.4, 0.5) is 5.69 Å². The molecule has 0 atom stereocenters. The second kappa shape index (κ2) is 7.02. The molecule has 3 nitrogen and oxygen atoms in total. The average molecular weight is 285 g/mol. The highest BCUT2D eigenvalue weighted by Gasteiger charge is 2.04. The highest BCUT2D eigenvalue weighted by Crippen LogP contribution is 2.23. The smallest absolute Gasteiger partial charge is 0.122 e. The van der Waals surface area contributed by atoms with Gasteiger partial charge in [-0.1, -0.05) is 19.9 Å². The number of ether oxygens (including phenoxy) is 2. The van der Waals surface area contributed by atoms with Gasteiger partial charge in [-0.05, 0) is 60.4 Å². The third-order valence-electron chi connectivity index (χ3n) is 3.36. The molecule has 0 unspecified atom stereocenters. The monoisotopic (exact) mass is 285 g/mol. The van der Waals surface area contributed by atoms with E-state index in [4.69, 9.17) is 15.2 Å². The lowest BCUT2D eigenvalue weighted by atomic mass is 9.98. The molecule has 0 bridgehead atoms. The Morgan fingerprint density at radius 2 is 1.48 bits per heavy atom. The molecule has 0 aliphatic carbocycles. The van der Waals surface area contributed by atoms with Gasteiger partial charge >= 0.3 is 0 Å². The number of benzene rings is 2. The van der Waals surface area contributed by atoms with Crippen LogP contribution >= 0.6 is 0 Å². The molecule has 21 heavy (non-hydrogen) atoms. The van der Waals surface area contributed by atoms with E-state index < -0.39 is 0 Å².